The van der Waals surface area contributed by atoms with Crippen molar-refractivity contribution >= 4 is 16.4 Å². The van der Waals surface area contributed by atoms with Crippen LogP contribution in [0, 0.1) is 17.4 Å². The molecule has 0 rings (SSSR count). The predicted molar refractivity (Wildman–Crippen MR) is 88.0 cm³/mol. The van der Waals surface area contributed by atoms with E-state index in [1.807, 2.05) is 0 Å². The lowest BCUT2D eigenvalue weighted by Crippen LogP contribution is -2.47. The van der Waals surface area contributed by atoms with Gasteiger partial charge in [-0.15, -0.1) is 5.54 Å². The maximum atomic E-state index is 6.35. The Morgan fingerprint density at radius 3 is 1.72 bits per heavy atom. The van der Waals surface area contributed by atoms with E-state index in [0.29, 0.717) is 5.92 Å². The van der Waals surface area contributed by atoms with Crippen molar-refractivity contribution in [1.29, 1.82) is 0 Å². The molecular formula is C15H32OSi2. The van der Waals surface area contributed by atoms with E-state index < -0.39 is 16.4 Å². The fourth-order valence-electron chi connectivity index (χ4n) is 1.64. The van der Waals surface area contributed by atoms with Gasteiger partial charge in [0.1, 0.15) is 14.2 Å². The second-order valence-electron chi connectivity index (χ2n) is 7.67. The standard InChI is InChI=1S/C15H32OSi2/c1-13(2)15(4,5)18(9,10)16-14(3)11-12-17(6,7)8/h13-14H,1-10H3. The summed E-state index contributed by atoms with van der Waals surface area (Å²) in [5.74, 6) is 3.95. The minimum Gasteiger partial charge on any atom is -0.404 e. The van der Waals surface area contributed by atoms with Gasteiger partial charge < -0.3 is 4.43 Å². The summed E-state index contributed by atoms with van der Waals surface area (Å²) in [5.41, 5.74) is 3.41. The minimum absolute atomic E-state index is 0.0661. The first kappa shape index (κ1) is 18.0. The minimum atomic E-state index is -1.74. The first-order valence-corrected chi connectivity index (χ1v) is 13.4. The SMILES string of the molecule is CC(C#C[Si](C)(C)C)O[Si](C)(C)C(C)(C)C(C)C. The van der Waals surface area contributed by atoms with E-state index in [1.54, 1.807) is 0 Å². The van der Waals surface area contributed by atoms with Gasteiger partial charge in [-0.1, -0.05) is 53.3 Å². The highest BCUT2D eigenvalue weighted by atomic mass is 28.4. The van der Waals surface area contributed by atoms with Gasteiger partial charge in [0, 0.05) is 0 Å². The van der Waals surface area contributed by atoms with Gasteiger partial charge in [0.05, 0.1) is 0 Å². The second kappa shape index (κ2) is 5.94. The molecule has 0 aromatic heterocycles. The normalized spacial score (nSPS) is 15.3. The lowest BCUT2D eigenvalue weighted by atomic mass is 9.99. The summed E-state index contributed by atoms with van der Waals surface area (Å²) in [5, 5.41) is 0.266. The molecule has 106 valence electrons. The van der Waals surface area contributed by atoms with Crippen LogP contribution in [0.5, 0.6) is 0 Å². The van der Waals surface area contributed by atoms with E-state index in [0.717, 1.165) is 0 Å². The van der Waals surface area contributed by atoms with Crippen LogP contribution in [0.15, 0.2) is 0 Å². The fourth-order valence-corrected chi connectivity index (χ4v) is 4.91. The van der Waals surface area contributed by atoms with Gasteiger partial charge in [-0.25, -0.2) is 0 Å². The summed E-state index contributed by atoms with van der Waals surface area (Å²) in [6.07, 6.45) is 0.0661. The topological polar surface area (TPSA) is 9.23 Å². The molecule has 0 aromatic rings. The van der Waals surface area contributed by atoms with Gasteiger partial charge in [-0.05, 0) is 31.0 Å². The van der Waals surface area contributed by atoms with Gasteiger partial charge in [-0.2, -0.15) is 0 Å². The molecule has 0 saturated heterocycles. The molecule has 1 nitrogen and oxygen atoms in total. The van der Waals surface area contributed by atoms with Crippen LogP contribution in [0.25, 0.3) is 0 Å². The molecule has 0 aliphatic rings. The quantitative estimate of drug-likeness (QED) is 0.526. The van der Waals surface area contributed by atoms with Crippen LogP contribution in [0.3, 0.4) is 0 Å². The molecule has 0 aliphatic heterocycles. The van der Waals surface area contributed by atoms with Crippen LogP contribution in [-0.2, 0) is 4.43 Å². The third-order valence-electron chi connectivity index (χ3n) is 4.12. The van der Waals surface area contributed by atoms with Gasteiger partial charge in [0.25, 0.3) is 0 Å². The number of hydrogen-bond acceptors (Lipinski definition) is 1. The third-order valence-corrected chi connectivity index (χ3v) is 9.63. The number of hydrogen-bond donors (Lipinski definition) is 0. The van der Waals surface area contributed by atoms with Gasteiger partial charge in [-0.3, -0.25) is 0 Å². The first-order valence-electron chi connectivity index (χ1n) is 7.00. The molecule has 0 amide bonds. The summed E-state index contributed by atoms with van der Waals surface area (Å²) >= 11 is 0. The van der Waals surface area contributed by atoms with E-state index in [9.17, 15) is 0 Å². The lowest BCUT2D eigenvalue weighted by molar-refractivity contribution is 0.235. The molecule has 3 heteroatoms. The molecule has 0 radical (unpaired) electrons. The van der Waals surface area contributed by atoms with Crippen molar-refractivity contribution in [3.05, 3.63) is 0 Å². The van der Waals surface area contributed by atoms with Gasteiger partial charge >= 0.3 is 0 Å². The maximum Gasteiger partial charge on any atom is 0.194 e. The monoisotopic (exact) mass is 284 g/mol. The van der Waals surface area contributed by atoms with E-state index in [4.69, 9.17) is 4.43 Å². The maximum absolute atomic E-state index is 6.35. The van der Waals surface area contributed by atoms with Crippen LogP contribution >= 0.6 is 0 Å². The van der Waals surface area contributed by atoms with Crippen molar-refractivity contribution < 1.29 is 4.43 Å². The van der Waals surface area contributed by atoms with Crippen molar-refractivity contribution in [2.24, 2.45) is 5.92 Å². The smallest absolute Gasteiger partial charge is 0.194 e. The van der Waals surface area contributed by atoms with Crippen molar-refractivity contribution in [1.82, 2.24) is 0 Å². The van der Waals surface area contributed by atoms with Crippen molar-refractivity contribution in [3.8, 4) is 11.5 Å². The molecule has 0 saturated carbocycles. The Morgan fingerprint density at radius 2 is 1.39 bits per heavy atom. The Balaban J connectivity index is 4.83. The Bertz CT molecular complexity index is 327. The summed E-state index contributed by atoms with van der Waals surface area (Å²) in [6, 6.07) is 0. The summed E-state index contributed by atoms with van der Waals surface area (Å²) in [6.45, 7) is 22.8. The molecule has 1 atom stereocenters. The van der Waals surface area contributed by atoms with Crippen LogP contribution < -0.4 is 0 Å². The molecular weight excluding hydrogens is 252 g/mol. The fraction of sp³-hybridized carbons (Fsp3) is 0.867. The molecule has 1 unspecified atom stereocenters. The molecule has 0 heterocycles. The third kappa shape index (κ3) is 5.30. The molecule has 18 heavy (non-hydrogen) atoms. The zero-order valence-electron chi connectivity index (χ0n) is 14.1. The van der Waals surface area contributed by atoms with E-state index in [1.165, 1.54) is 0 Å². The Morgan fingerprint density at radius 1 is 0.944 bits per heavy atom. The van der Waals surface area contributed by atoms with E-state index in [-0.39, 0.29) is 11.1 Å². The largest absolute Gasteiger partial charge is 0.404 e. The van der Waals surface area contributed by atoms with Gasteiger partial charge in [0.2, 0.25) is 0 Å². The van der Waals surface area contributed by atoms with Crippen molar-refractivity contribution in [2.45, 2.75) is 78.5 Å². The van der Waals surface area contributed by atoms with E-state index >= 15 is 0 Å². The predicted octanol–water partition coefficient (Wildman–Crippen LogP) is 4.91. The molecule has 0 spiro atoms. The van der Waals surface area contributed by atoms with Crippen LogP contribution in [0.4, 0.5) is 0 Å². The van der Waals surface area contributed by atoms with Crippen molar-refractivity contribution in [2.75, 3.05) is 0 Å². The first-order chi connectivity index (χ1) is 7.79. The van der Waals surface area contributed by atoms with Crippen LogP contribution in [0.1, 0.15) is 34.6 Å². The molecule has 0 fully saturated rings. The highest BCUT2D eigenvalue weighted by molar-refractivity contribution is 6.83. The zero-order chi connectivity index (χ0) is 14.8. The van der Waals surface area contributed by atoms with Crippen LogP contribution in [-0.4, -0.2) is 22.5 Å². The Hall–Kier alpha value is -0.0462. The average Bonchev–Trinajstić information content (AvgIpc) is 2.12. The number of rotatable bonds is 4. The second-order valence-corrected chi connectivity index (χ2v) is 17.0. The summed E-state index contributed by atoms with van der Waals surface area (Å²) < 4.78 is 6.35. The van der Waals surface area contributed by atoms with Crippen LogP contribution in [0.2, 0.25) is 37.8 Å². The lowest BCUT2D eigenvalue weighted by Gasteiger charge is -2.43. The average molecular weight is 285 g/mol. The molecule has 0 N–H and O–H groups in total. The van der Waals surface area contributed by atoms with E-state index in [2.05, 4.69) is 78.8 Å². The highest BCUT2D eigenvalue weighted by Crippen LogP contribution is 2.44. The Kier molecular flexibility index (Phi) is 5.92. The summed E-state index contributed by atoms with van der Waals surface area (Å²) in [7, 11) is -3.03. The molecule has 0 bridgehead atoms. The molecule has 0 aliphatic carbocycles. The zero-order valence-corrected chi connectivity index (χ0v) is 16.1. The molecule has 0 aromatic carbocycles. The van der Waals surface area contributed by atoms with Gasteiger partial charge in [0.15, 0.2) is 8.32 Å². The summed E-state index contributed by atoms with van der Waals surface area (Å²) in [4.78, 5) is 0. The highest BCUT2D eigenvalue weighted by Gasteiger charge is 2.43. The van der Waals surface area contributed by atoms with Crippen molar-refractivity contribution in [3.63, 3.8) is 0 Å². The Labute approximate surface area is 117 Å².